The molecule has 2 N–H and O–H groups in total. The van der Waals surface area contributed by atoms with Gasteiger partial charge in [-0.1, -0.05) is 26.0 Å². The van der Waals surface area contributed by atoms with Crippen LogP contribution in [0.25, 0.3) is 16.7 Å². The molecule has 0 atom stereocenters. The Morgan fingerprint density at radius 3 is 2.62 bits per heavy atom. The Hall–Kier alpha value is -2.36. The van der Waals surface area contributed by atoms with Crippen LogP contribution in [-0.4, -0.2) is 9.55 Å². The molecule has 2 aromatic carbocycles. The molecule has 108 valence electrons. The van der Waals surface area contributed by atoms with Gasteiger partial charge in [0.05, 0.1) is 16.7 Å². The minimum absolute atomic E-state index is 0.178. The van der Waals surface area contributed by atoms with Crippen LogP contribution in [-0.2, 0) is 0 Å². The van der Waals surface area contributed by atoms with E-state index in [-0.39, 0.29) is 11.7 Å². The lowest BCUT2D eigenvalue weighted by molar-refractivity contribution is 0.612. The number of rotatable bonds is 2. The third-order valence-electron chi connectivity index (χ3n) is 3.63. The number of hydrogen-bond acceptors (Lipinski definition) is 2. The molecule has 0 spiro atoms. The van der Waals surface area contributed by atoms with E-state index in [1.54, 1.807) is 6.07 Å². The maximum absolute atomic E-state index is 14.4. The largest absolute Gasteiger partial charge is 0.399 e. The van der Waals surface area contributed by atoms with Crippen molar-refractivity contribution in [3.63, 3.8) is 0 Å². The summed E-state index contributed by atoms with van der Waals surface area (Å²) in [7, 11) is 0. The van der Waals surface area contributed by atoms with E-state index in [2.05, 4.69) is 18.8 Å². The molecule has 0 fully saturated rings. The zero-order valence-corrected chi connectivity index (χ0v) is 12.4. The fraction of sp³-hybridized carbons (Fsp3) is 0.235. The first-order chi connectivity index (χ1) is 9.99. The smallest absolute Gasteiger partial charge is 0.147 e. The summed E-state index contributed by atoms with van der Waals surface area (Å²) in [5.74, 6) is 0.773. The lowest BCUT2D eigenvalue weighted by atomic mass is 10.1. The number of fused-ring (bicyclic) bond motifs is 1. The fourth-order valence-corrected chi connectivity index (χ4v) is 2.64. The molecule has 0 saturated carbocycles. The van der Waals surface area contributed by atoms with Crippen molar-refractivity contribution >= 4 is 16.7 Å². The maximum atomic E-state index is 14.4. The van der Waals surface area contributed by atoms with E-state index < -0.39 is 0 Å². The third kappa shape index (κ3) is 2.17. The van der Waals surface area contributed by atoms with Crippen LogP contribution in [0.2, 0.25) is 0 Å². The number of imidazole rings is 1. The van der Waals surface area contributed by atoms with E-state index in [0.717, 1.165) is 22.4 Å². The van der Waals surface area contributed by atoms with Crippen LogP contribution in [0.3, 0.4) is 0 Å². The first-order valence-corrected chi connectivity index (χ1v) is 7.02. The van der Waals surface area contributed by atoms with Gasteiger partial charge in [-0.3, -0.25) is 4.57 Å². The van der Waals surface area contributed by atoms with Gasteiger partial charge in [0, 0.05) is 11.6 Å². The van der Waals surface area contributed by atoms with Crippen LogP contribution in [0.1, 0.15) is 31.2 Å². The van der Waals surface area contributed by atoms with Crippen molar-refractivity contribution in [2.75, 3.05) is 5.73 Å². The van der Waals surface area contributed by atoms with Gasteiger partial charge in [0.25, 0.3) is 0 Å². The summed E-state index contributed by atoms with van der Waals surface area (Å²) in [5.41, 5.74) is 9.61. The predicted octanol–water partition coefficient (Wildman–Crippen LogP) is 4.18. The average molecular weight is 283 g/mol. The van der Waals surface area contributed by atoms with E-state index in [4.69, 9.17) is 5.73 Å². The number of nitrogen functional groups attached to an aromatic ring is 1. The molecule has 0 bridgehead atoms. The van der Waals surface area contributed by atoms with Crippen LogP contribution < -0.4 is 5.73 Å². The summed E-state index contributed by atoms with van der Waals surface area (Å²) < 4.78 is 16.3. The zero-order valence-electron chi connectivity index (χ0n) is 12.4. The molecule has 0 saturated heterocycles. The molecule has 21 heavy (non-hydrogen) atoms. The second kappa shape index (κ2) is 4.88. The highest BCUT2D eigenvalue weighted by Gasteiger charge is 2.19. The van der Waals surface area contributed by atoms with Gasteiger partial charge in [0.1, 0.15) is 11.6 Å². The van der Waals surface area contributed by atoms with Crippen molar-refractivity contribution in [3.8, 4) is 5.69 Å². The monoisotopic (exact) mass is 283 g/mol. The quantitative estimate of drug-likeness (QED) is 0.717. The topological polar surface area (TPSA) is 43.8 Å². The Labute approximate surface area is 123 Å². The molecule has 0 aliphatic rings. The van der Waals surface area contributed by atoms with Crippen LogP contribution >= 0.6 is 0 Å². The Morgan fingerprint density at radius 2 is 1.95 bits per heavy atom. The summed E-state index contributed by atoms with van der Waals surface area (Å²) in [6.45, 7) is 6.01. The van der Waals surface area contributed by atoms with Crippen LogP contribution in [0.15, 0.2) is 36.4 Å². The lowest BCUT2D eigenvalue weighted by Crippen LogP contribution is -2.07. The first kappa shape index (κ1) is 13.6. The van der Waals surface area contributed by atoms with E-state index in [1.165, 1.54) is 6.07 Å². The van der Waals surface area contributed by atoms with Crippen molar-refractivity contribution in [1.82, 2.24) is 9.55 Å². The van der Waals surface area contributed by atoms with Gasteiger partial charge in [-0.2, -0.15) is 0 Å². The second-order valence-corrected chi connectivity index (χ2v) is 5.61. The van der Waals surface area contributed by atoms with Crippen molar-refractivity contribution in [1.29, 1.82) is 0 Å². The highest BCUT2D eigenvalue weighted by molar-refractivity contribution is 5.82. The van der Waals surface area contributed by atoms with Crippen LogP contribution in [0.4, 0.5) is 10.1 Å². The Bertz CT molecular complexity index is 798. The normalized spacial score (nSPS) is 11.5. The Balaban J connectivity index is 2.42. The van der Waals surface area contributed by atoms with Gasteiger partial charge in [-0.25, -0.2) is 9.37 Å². The number of anilines is 1. The number of benzene rings is 2. The minimum atomic E-state index is -0.243. The van der Waals surface area contributed by atoms with Crippen LogP contribution in [0, 0.1) is 12.7 Å². The zero-order chi connectivity index (χ0) is 15.1. The number of aryl methyl sites for hydroxylation is 1. The van der Waals surface area contributed by atoms with Gasteiger partial charge in [0.2, 0.25) is 0 Å². The number of para-hydroxylation sites is 1. The maximum Gasteiger partial charge on any atom is 0.147 e. The van der Waals surface area contributed by atoms with E-state index in [1.807, 2.05) is 35.8 Å². The van der Waals surface area contributed by atoms with E-state index in [9.17, 15) is 4.39 Å². The van der Waals surface area contributed by atoms with Gasteiger partial charge in [-0.15, -0.1) is 0 Å². The standard InChI is InChI=1S/C17H18FN3/c1-10(2)17-20-14-9-12(19)7-8-15(14)21(17)16-11(3)5-4-6-13(16)18/h4-10H,19H2,1-3H3. The van der Waals surface area contributed by atoms with Crippen LogP contribution in [0.5, 0.6) is 0 Å². The second-order valence-electron chi connectivity index (χ2n) is 5.61. The van der Waals surface area contributed by atoms with Gasteiger partial charge in [-0.05, 0) is 36.8 Å². The lowest BCUT2D eigenvalue weighted by Gasteiger charge is -2.14. The number of halogens is 1. The van der Waals surface area contributed by atoms with Crippen molar-refractivity contribution in [2.24, 2.45) is 0 Å². The molecule has 0 unspecified atom stereocenters. The molecule has 4 heteroatoms. The number of nitrogens with two attached hydrogens (primary N) is 1. The fourth-order valence-electron chi connectivity index (χ4n) is 2.64. The van der Waals surface area contributed by atoms with E-state index in [0.29, 0.717) is 11.4 Å². The summed E-state index contributed by atoms with van der Waals surface area (Å²) in [6.07, 6.45) is 0. The van der Waals surface area contributed by atoms with Crippen molar-refractivity contribution in [3.05, 3.63) is 53.6 Å². The van der Waals surface area contributed by atoms with Gasteiger partial charge < -0.3 is 5.73 Å². The Morgan fingerprint density at radius 1 is 1.19 bits per heavy atom. The molecule has 1 heterocycles. The molecule has 0 aliphatic heterocycles. The summed E-state index contributed by atoms with van der Waals surface area (Å²) in [5, 5.41) is 0. The van der Waals surface area contributed by atoms with E-state index >= 15 is 0 Å². The highest BCUT2D eigenvalue weighted by Crippen LogP contribution is 2.30. The highest BCUT2D eigenvalue weighted by atomic mass is 19.1. The molecule has 3 rings (SSSR count). The first-order valence-electron chi connectivity index (χ1n) is 7.02. The minimum Gasteiger partial charge on any atom is -0.399 e. The summed E-state index contributed by atoms with van der Waals surface area (Å²) >= 11 is 0. The number of hydrogen-bond donors (Lipinski definition) is 1. The van der Waals surface area contributed by atoms with Gasteiger partial charge >= 0.3 is 0 Å². The number of aromatic nitrogens is 2. The van der Waals surface area contributed by atoms with Gasteiger partial charge in [0.15, 0.2) is 0 Å². The average Bonchev–Trinajstić information content (AvgIpc) is 2.77. The molecular formula is C17H18FN3. The predicted molar refractivity (Wildman–Crippen MR) is 84.3 cm³/mol. The number of nitrogens with zero attached hydrogens (tertiary/aromatic N) is 2. The molecule has 3 nitrogen and oxygen atoms in total. The molecule has 0 radical (unpaired) electrons. The molecular weight excluding hydrogens is 265 g/mol. The summed E-state index contributed by atoms with van der Waals surface area (Å²) in [6, 6.07) is 10.7. The molecule has 0 amide bonds. The Kier molecular flexibility index (Phi) is 3.16. The van der Waals surface area contributed by atoms with Crippen molar-refractivity contribution in [2.45, 2.75) is 26.7 Å². The van der Waals surface area contributed by atoms with Crippen molar-refractivity contribution < 1.29 is 4.39 Å². The SMILES string of the molecule is Cc1cccc(F)c1-n1c(C(C)C)nc2cc(N)ccc21. The molecule has 0 aliphatic carbocycles. The third-order valence-corrected chi connectivity index (χ3v) is 3.63. The summed E-state index contributed by atoms with van der Waals surface area (Å²) in [4.78, 5) is 4.65. The molecule has 1 aromatic heterocycles. The molecule has 3 aromatic rings.